The molecule has 2 unspecified atom stereocenters. The SMILES string of the molecule is CCCNC1CCOCC1CN(C)c1ccccc1OC. The van der Waals surface area contributed by atoms with Gasteiger partial charge >= 0.3 is 0 Å². The van der Waals surface area contributed by atoms with E-state index in [1.54, 1.807) is 7.11 Å². The van der Waals surface area contributed by atoms with E-state index in [9.17, 15) is 0 Å². The Morgan fingerprint density at radius 1 is 1.38 bits per heavy atom. The van der Waals surface area contributed by atoms with Gasteiger partial charge in [-0.1, -0.05) is 19.1 Å². The molecular formula is C17H28N2O2. The summed E-state index contributed by atoms with van der Waals surface area (Å²) < 4.78 is 11.1. The molecule has 0 bridgehead atoms. The fourth-order valence-electron chi connectivity index (χ4n) is 2.97. The monoisotopic (exact) mass is 292 g/mol. The molecule has 1 heterocycles. The molecule has 0 radical (unpaired) electrons. The average molecular weight is 292 g/mol. The van der Waals surface area contributed by atoms with Crippen LogP contribution in [0.1, 0.15) is 19.8 Å². The van der Waals surface area contributed by atoms with E-state index in [-0.39, 0.29) is 0 Å². The zero-order valence-corrected chi connectivity index (χ0v) is 13.5. The summed E-state index contributed by atoms with van der Waals surface area (Å²) in [4.78, 5) is 2.28. The predicted octanol–water partition coefficient (Wildman–Crippen LogP) is 2.54. The summed E-state index contributed by atoms with van der Waals surface area (Å²) in [5.41, 5.74) is 1.14. The lowest BCUT2D eigenvalue weighted by atomic mass is 9.95. The van der Waals surface area contributed by atoms with Gasteiger partial charge in [0, 0.05) is 32.2 Å². The van der Waals surface area contributed by atoms with Gasteiger partial charge in [-0.25, -0.2) is 0 Å². The Morgan fingerprint density at radius 3 is 2.95 bits per heavy atom. The van der Waals surface area contributed by atoms with Crippen molar-refractivity contribution >= 4 is 5.69 Å². The summed E-state index contributed by atoms with van der Waals surface area (Å²) in [7, 11) is 3.85. The first-order valence-corrected chi connectivity index (χ1v) is 7.91. The van der Waals surface area contributed by atoms with Crippen molar-refractivity contribution in [3.05, 3.63) is 24.3 Å². The number of nitrogens with zero attached hydrogens (tertiary/aromatic N) is 1. The molecule has 0 saturated carbocycles. The topological polar surface area (TPSA) is 33.7 Å². The molecule has 2 rings (SSSR count). The molecule has 0 spiro atoms. The van der Waals surface area contributed by atoms with Crippen LogP contribution in [-0.2, 0) is 4.74 Å². The molecular weight excluding hydrogens is 264 g/mol. The summed E-state index contributed by atoms with van der Waals surface area (Å²) in [5, 5.41) is 3.67. The maximum Gasteiger partial charge on any atom is 0.142 e. The maximum absolute atomic E-state index is 5.69. The van der Waals surface area contributed by atoms with Gasteiger partial charge in [-0.05, 0) is 31.5 Å². The molecule has 1 aromatic rings. The Bertz CT molecular complexity index is 425. The summed E-state index contributed by atoms with van der Waals surface area (Å²) in [6.07, 6.45) is 2.27. The van der Waals surface area contributed by atoms with Gasteiger partial charge in [0.05, 0.1) is 19.4 Å². The minimum absolute atomic E-state index is 0.514. The number of ether oxygens (including phenoxy) is 2. The lowest BCUT2D eigenvalue weighted by molar-refractivity contribution is 0.0351. The highest BCUT2D eigenvalue weighted by Crippen LogP contribution is 2.28. The van der Waals surface area contributed by atoms with Gasteiger partial charge < -0.3 is 19.7 Å². The molecule has 4 nitrogen and oxygen atoms in total. The number of hydrogen-bond donors (Lipinski definition) is 1. The Balaban J connectivity index is 2.00. The molecule has 1 aromatic carbocycles. The van der Waals surface area contributed by atoms with Crippen LogP contribution < -0.4 is 15.0 Å². The van der Waals surface area contributed by atoms with E-state index >= 15 is 0 Å². The molecule has 0 amide bonds. The minimum atomic E-state index is 0.514. The van der Waals surface area contributed by atoms with Crippen molar-refractivity contribution in [3.8, 4) is 5.75 Å². The molecule has 1 fully saturated rings. The van der Waals surface area contributed by atoms with Crippen LogP contribution in [0, 0.1) is 5.92 Å². The number of benzene rings is 1. The van der Waals surface area contributed by atoms with Crippen molar-refractivity contribution in [1.29, 1.82) is 0 Å². The van der Waals surface area contributed by atoms with Crippen LogP contribution in [-0.4, -0.2) is 46.5 Å². The average Bonchev–Trinajstić information content (AvgIpc) is 2.54. The van der Waals surface area contributed by atoms with Gasteiger partial charge in [0.15, 0.2) is 0 Å². The molecule has 1 aliphatic rings. The Kier molecular flexibility index (Phi) is 6.33. The summed E-state index contributed by atoms with van der Waals surface area (Å²) in [6.45, 7) is 5.97. The fourth-order valence-corrected chi connectivity index (χ4v) is 2.97. The number of para-hydroxylation sites is 2. The van der Waals surface area contributed by atoms with Crippen LogP contribution in [0.3, 0.4) is 0 Å². The zero-order valence-electron chi connectivity index (χ0n) is 13.5. The van der Waals surface area contributed by atoms with Crippen LogP contribution in [0.25, 0.3) is 0 Å². The second kappa shape index (κ2) is 8.25. The normalized spacial score (nSPS) is 22.0. The number of anilines is 1. The summed E-state index contributed by atoms with van der Waals surface area (Å²) >= 11 is 0. The Morgan fingerprint density at radius 2 is 2.19 bits per heavy atom. The predicted molar refractivity (Wildman–Crippen MR) is 87.3 cm³/mol. The molecule has 21 heavy (non-hydrogen) atoms. The first kappa shape index (κ1) is 16.1. The van der Waals surface area contributed by atoms with Crippen LogP contribution in [0.4, 0.5) is 5.69 Å². The quantitative estimate of drug-likeness (QED) is 0.837. The van der Waals surface area contributed by atoms with Gasteiger partial charge in [-0.3, -0.25) is 0 Å². The van der Waals surface area contributed by atoms with E-state index in [1.807, 2.05) is 12.1 Å². The molecule has 1 N–H and O–H groups in total. The van der Waals surface area contributed by atoms with E-state index in [4.69, 9.17) is 9.47 Å². The largest absolute Gasteiger partial charge is 0.495 e. The van der Waals surface area contributed by atoms with Crippen molar-refractivity contribution in [2.75, 3.05) is 45.4 Å². The minimum Gasteiger partial charge on any atom is -0.495 e. The highest BCUT2D eigenvalue weighted by Gasteiger charge is 2.26. The van der Waals surface area contributed by atoms with Crippen molar-refractivity contribution in [1.82, 2.24) is 5.32 Å². The van der Waals surface area contributed by atoms with Gasteiger partial charge in [0.25, 0.3) is 0 Å². The first-order chi connectivity index (χ1) is 10.3. The number of methoxy groups -OCH3 is 1. The van der Waals surface area contributed by atoms with Gasteiger partial charge in [0.1, 0.15) is 5.75 Å². The zero-order chi connectivity index (χ0) is 15.1. The van der Waals surface area contributed by atoms with Gasteiger partial charge in [0.2, 0.25) is 0 Å². The van der Waals surface area contributed by atoms with E-state index in [2.05, 4.69) is 36.3 Å². The van der Waals surface area contributed by atoms with Crippen molar-refractivity contribution in [3.63, 3.8) is 0 Å². The first-order valence-electron chi connectivity index (χ1n) is 7.91. The summed E-state index contributed by atoms with van der Waals surface area (Å²) in [5.74, 6) is 1.44. The molecule has 1 aliphatic heterocycles. The molecule has 2 atom stereocenters. The van der Waals surface area contributed by atoms with Gasteiger partial charge in [-0.15, -0.1) is 0 Å². The van der Waals surface area contributed by atoms with Gasteiger partial charge in [-0.2, -0.15) is 0 Å². The Labute approximate surface area is 128 Å². The third kappa shape index (κ3) is 4.35. The fraction of sp³-hybridized carbons (Fsp3) is 0.647. The molecule has 118 valence electrons. The second-order valence-corrected chi connectivity index (χ2v) is 5.74. The molecule has 1 saturated heterocycles. The standard InChI is InChI=1S/C17H28N2O2/c1-4-10-18-15-9-11-21-13-14(15)12-19(2)16-7-5-6-8-17(16)20-3/h5-8,14-15,18H,4,9-13H2,1-3H3. The Hall–Kier alpha value is -1.26. The highest BCUT2D eigenvalue weighted by molar-refractivity contribution is 5.57. The third-order valence-corrected chi connectivity index (χ3v) is 4.14. The van der Waals surface area contributed by atoms with Crippen LogP contribution in [0.5, 0.6) is 5.75 Å². The third-order valence-electron chi connectivity index (χ3n) is 4.14. The van der Waals surface area contributed by atoms with Crippen LogP contribution >= 0.6 is 0 Å². The van der Waals surface area contributed by atoms with Crippen LogP contribution in [0.2, 0.25) is 0 Å². The van der Waals surface area contributed by atoms with E-state index in [0.717, 1.165) is 44.2 Å². The lowest BCUT2D eigenvalue weighted by Crippen LogP contribution is -2.47. The van der Waals surface area contributed by atoms with E-state index in [0.29, 0.717) is 12.0 Å². The smallest absolute Gasteiger partial charge is 0.142 e. The van der Waals surface area contributed by atoms with E-state index in [1.165, 1.54) is 6.42 Å². The van der Waals surface area contributed by atoms with Crippen molar-refractivity contribution in [2.45, 2.75) is 25.8 Å². The maximum atomic E-state index is 5.69. The summed E-state index contributed by atoms with van der Waals surface area (Å²) in [6, 6.07) is 8.73. The van der Waals surface area contributed by atoms with E-state index < -0.39 is 0 Å². The molecule has 0 aliphatic carbocycles. The molecule has 4 heteroatoms. The van der Waals surface area contributed by atoms with Crippen molar-refractivity contribution < 1.29 is 9.47 Å². The lowest BCUT2D eigenvalue weighted by Gasteiger charge is -2.35. The number of hydrogen-bond acceptors (Lipinski definition) is 4. The van der Waals surface area contributed by atoms with Crippen molar-refractivity contribution in [2.24, 2.45) is 5.92 Å². The number of nitrogens with one attached hydrogen (secondary N) is 1. The highest BCUT2D eigenvalue weighted by atomic mass is 16.5. The number of rotatable bonds is 7. The van der Waals surface area contributed by atoms with Crippen LogP contribution in [0.15, 0.2) is 24.3 Å². The second-order valence-electron chi connectivity index (χ2n) is 5.74. The molecule has 0 aromatic heterocycles.